The van der Waals surface area contributed by atoms with E-state index in [-0.39, 0.29) is 17.8 Å². The van der Waals surface area contributed by atoms with Crippen molar-refractivity contribution in [1.29, 1.82) is 0 Å². The Morgan fingerprint density at radius 2 is 1.03 bits per heavy atom. The standard InChI is InChI=1S/C25H34N2O3.C23H30N2O3/c1-3-29-25(28)19-12-14-27(15-13-19)17-21-7-6-20-16-23(10-11-24(20)26-21)30-22-8-4-18(2)5-9-22;1-16-2-6-20(7-3-16)28-21-8-9-22-18(14-21)4-5-19(24-22)15-25-12-10-17(11-13-25)23(26)27/h6-7,10-11,16,18-19,22H,3-5,8-9,12-15,17H2,1-2H3;4-5,8-9,14,16-17,20H,2-3,6-7,10-13,15H2,1H3,(H,26,27). The van der Waals surface area contributed by atoms with Crippen LogP contribution in [-0.2, 0) is 27.4 Å². The predicted molar refractivity (Wildman–Crippen MR) is 228 cm³/mol. The van der Waals surface area contributed by atoms with Crippen LogP contribution in [-0.4, -0.2) is 81.8 Å². The molecule has 8 rings (SSSR count). The molecule has 2 saturated carbocycles. The molecule has 2 aromatic heterocycles. The third-order valence-electron chi connectivity index (χ3n) is 12.9. The number of carbonyl (C=O) groups is 2. The Hall–Kier alpha value is -4.28. The molecular weight excluding hydrogens is 729 g/mol. The van der Waals surface area contributed by atoms with Crippen LogP contribution in [0.4, 0.5) is 0 Å². The fraction of sp³-hybridized carbons (Fsp3) is 0.583. The molecule has 2 aromatic carbocycles. The number of esters is 1. The zero-order valence-corrected chi connectivity index (χ0v) is 34.9. The highest BCUT2D eigenvalue weighted by Gasteiger charge is 2.27. The summed E-state index contributed by atoms with van der Waals surface area (Å²) in [6.45, 7) is 12.1. The molecule has 4 aliphatic rings. The average molecular weight is 793 g/mol. The molecule has 2 aliphatic carbocycles. The summed E-state index contributed by atoms with van der Waals surface area (Å²) < 4.78 is 17.6. The van der Waals surface area contributed by atoms with E-state index in [0.717, 1.165) is 147 Å². The zero-order valence-electron chi connectivity index (χ0n) is 34.9. The number of ether oxygens (including phenoxy) is 3. The molecular formula is C48H64N4O6. The predicted octanol–water partition coefficient (Wildman–Crippen LogP) is 9.46. The van der Waals surface area contributed by atoms with E-state index in [9.17, 15) is 9.59 Å². The van der Waals surface area contributed by atoms with E-state index in [1.807, 2.05) is 13.0 Å². The molecule has 0 amide bonds. The largest absolute Gasteiger partial charge is 0.490 e. The number of hydrogen-bond donors (Lipinski definition) is 1. The number of fused-ring (bicyclic) bond motifs is 2. The van der Waals surface area contributed by atoms with Crippen molar-refractivity contribution in [2.24, 2.45) is 23.7 Å². The Labute approximate surface area is 344 Å². The topological polar surface area (TPSA) is 114 Å². The molecule has 1 N–H and O–H groups in total. The first kappa shape index (κ1) is 41.9. The summed E-state index contributed by atoms with van der Waals surface area (Å²) in [6, 6.07) is 20.9. The summed E-state index contributed by atoms with van der Waals surface area (Å²) in [5.41, 5.74) is 4.12. The van der Waals surface area contributed by atoms with Crippen molar-refractivity contribution >= 4 is 33.7 Å². The first-order valence-corrected chi connectivity index (χ1v) is 22.1. The fourth-order valence-electron chi connectivity index (χ4n) is 9.08. The van der Waals surface area contributed by atoms with Crippen LogP contribution < -0.4 is 9.47 Å². The van der Waals surface area contributed by atoms with Crippen LogP contribution in [0.1, 0.15) is 109 Å². The number of likely N-dealkylation sites (tertiary alicyclic amines) is 2. The smallest absolute Gasteiger partial charge is 0.309 e. The van der Waals surface area contributed by atoms with E-state index < -0.39 is 5.97 Å². The summed E-state index contributed by atoms with van der Waals surface area (Å²) in [7, 11) is 0. The van der Waals surface area contributed by atoms with Gasteiger partial charge in [0, 0.05) is 23.9 Å². The SMILES string of the molecule is CC1CCC(Oc2ccc3nc(CN4CCC(C(=O)O)CC4)ccc3c2)CC1.CCOC(=O)C1CCN(Cc2ccc3cc(OC4CCC(C)CC4)ccc3n2)CC1. The molecule has 4 fully saturated rings. The minimum absolute atomic E-state index is 0.0401. The van der Waals surface area contributed by atoms with Crippen LogP contribution in [0.5, 0.6) is 11.5 Å². The highest BCUT2D eigenvalue weighted by Crippen LogP contribution is 2.31. The second kappa shape index (κ2) is 20.1. The van der Waals surface area contributed by atoms with Crippen molar-refractivity contribution in [1.82, 2.24) is 19.8 Å². The van der Waals surface area contributed by atoms with Crippen LogP contribution in [0.25, 0.3) is 21.8 Å². The van der Waals surface area contributed by atoms with Gasteiger partial charge in [-0.3, -0.25) is 29.4 Å². The van der Waals surface area contributed by atoms with Gasteiger partial charge in [-0.2, -0.15) is 0 Å². The van der Waals surface area contributed by atoms with Gasteiger partial charge in [-0.15, -0.1) is 0 Å². The number of rotatable bonds is 11. The lowest BCUT2D eigenvalue weighted by Crippen LogP contribution is -2.36. The molecule has 10 nitrogen and oxygen atoms in total. The van der Waals surface area contributed by atoms with Gasteiger partial charge in [0.15, 0.2) is 0 Å². The van der Waals surface area contributed by atoms with E-state index in [1.54, 1.807) is 0 Å². The number of benzene rings is 2. The zero-order chi connectivity index (χ0) is 40.4. The van der Waals surface area contributed by atoms with Gasteiger partial charge in [0.2, 0.25) is 0 Å². The van der Waals surface area contributed by atoms with Crippen LogP contribution >= 0.6 is 0 Å². The summed E-state index contributed by atoms with van der Waals surface area (Å²) in [5, 5.41) is 11.4. The molecule has 0 unspecified atom stereocenters. The third kappa shape index (κ3) is 11.7. The van der Waals surface area contributed by atoms with E-state index in [0.29, 0.717) is 18.8 Å². The highest BCUT2D eigenvalue weighted by molar-refractivity contribution is 5.81. The van der Waals surface area contributed by atoms with Gasteiger partial charge in [-0.25, -0.2) is 0 Å². The van der Waals surface area contributed by atoms with Crippen LogP contribution in [0.3, 0.4) is 0 Å². The third-order valence-corrected chi connectivity index (χ3v) is 12.9. The number of carboxylic acid groups (broad SMARTS) is 1. The maximum atomic E-state index is 11.9. The van der Waals surface area contributed by atoms with E-state index in [1.165, 1.54) is 25.7 Å². The lowest BCUT2D eigenvalue weighted by Gasteiger charge is -2.30. The molecule has 4 heterocycles. The molecule has 0 atom stereocenters. The Morgan fingerprint density at radius 1 is 0.603 bits per heavy atom. The van der Waals surface area contributed by atoms with Crippen molar-refractivity contribution in [3.05, 3.63) is 72.1 Å². The molecule has 0 bridgehead atoms. The van der Waals surface area contributed by atoms with Crippen molar-refractivity contribution in [3.8, 4) is 11.5 Å². The van der Waals surface area contributed by atoms with Gasteiger partial charge >= 0.3 is 11.9 Å². The van der Waals surface area contributed by atoms with E-state index in [4.69, 9.17) is 29.3 Å². The highest BCUT2D eigenvalue weighted by atomic mass is 16.5. The van der Waals surface area contributed by atoms with Crippen molar-refractivity contribution in [3.63, 3.8) is 0 Å². The Kier molecular flexibility index (Phi) is 14.5. The van der Waals surface area contributed by atoms with Crippen LogP contribution in [0.15, 0.2) is 60.7 Å². The fourth-order valence-corrected chi connectivity index (χ4v) is 9.08. The van der Waals surface area contributed by atoms with Crippen molar-refractivity contribution in [2.75, 3.05) is 32.8 Å². The van der Waals surface area contributed by atoms with Gasteiger partial charge in [-0.1, -0.05) is 26.0 Å². The number of carbonyl (C=O) groups excluding carboxylic acids is 1. The molecule has 2 saturated heterocycles. The van der Waals surface area contributed by atoms with E-state index >= 15 is 0 Å². The monoisotopic (exact) mass is 792 g/mol. The maximum Gasteiger partial charge on any atom is 0.309 e. The molecule has 2 aliphatic heterocycles. The molecule has 312 valence electrons. The molecule has 58 heavy (non-hydrogen) atoms. The minimum Gasteiger partial charge on any atom is -0.490 e. The van der Waals surface area contributed by atoms with Gasteiger partial charge < -0.3 is 19.3 Å². The number of carboxylic acids is 1. The number of hydrogen-bond acceptors (Lipinski definition) is 9. The summed E-state index contributed by atoms with van der Waals surface area (Å²) >= 11 is 0. The average Bonchev–Trinajstić information content (AvgIpc) is 3.23. The Morgan fingerprint density at radius 3 is 1.45 bits per heavy atom. The van der Waals surface area contributed by atoms with Gasteiger partial charge in [0.25, 0.3) is 0 Å². The van der Waals surface area contributed by atoms with Crippen LogP contribution in [0.2, 0.25) is 0 Å². The molecule has 4 aromatic rings. The lowest BCUT2D eigenvalue weighted by atomic mass is 9.89. The second-order valence-corrected chi connectivity index (χ2v) is 17.5. The number of pyridine rings is 2. The lowest BCUT2D eigenvalue weighted by molar-refractivity contribution is -0.149. The van der Waals surface area contributed by atoms with Crippen LogP contribution in [0, 0.1) is 23.7 Å². The second-order valence-electron chi connectivity index (χ2n) is 17.5. The van der Waals surface area contributed by atoms with Gasteiger partial charge in [0.1, 0.15) is 11.5 Å². The first-order chi connectivity index (χ1) is 28.2. The first-order valence-electron chi connectivity index (χ1n) is 22.1. The number of aromatic nitrogens is 2. The maximum absolute atomic E-state index is 11.9. The normalized spacial score (nSPS) is 23.8. The molecule has 0 spiro atoms. The number of nitrogens with zero attached hydrogens (tertiary/aromatic N) is 4. The van der Waals surface area contributed by atoms with Gasteiger partial charge in [0.05, 0.1) is 53.1 Å². The van der Waals surface area contributed by atoms with Gasteiger partial charge in [-0.05, 0) is 171 Å². The quantitative estimate of drug-likeness (QED) is 0.147. The number of aliphatic carboxylic acids is 1. The van der Waals surface area contributed by atoms with Crippen molar-refractivity contribution in [2.45, 2.75) is 123 Å². The van der Waals surface area contributed by atoms with E-state index in [2.05, 4.69) is 78.2 Å². The Balaban J connectivity index is 0.000000177. The summed E-state index contributed by atoms with van der Waals surface area (Å²) in [4.78, 5) is 37.4. The number of piperidine rings is 2. The summed E-state index contributed by atoms with van der Waals surface area (Å²) in [6.07, 6.45) is 13.5. The minimum atomic E-state index is -0.663. The molecule has 10 heteroatoms. The molecule has 0 radical (unpaired) electrons. The Bertz CT molecular complexity index is 1960. The summed E-state index contributed by atoms with van der Waals surface area (Å²) in [5.74, 6) is 2.72. The van der Waals surface area contributed by atoms with Crippen molar-refractivity contribution < 1.29 is 28.9 Å².